The minimum Gasteiger partial charge on any atom is -0.383 e. The average Bonchev–Trinajstić information content (AvgIpc) is 1.92. The molecule has 1 aliphatic carbocycles. The Kier molecular flexibility index (Phi) is 1.32. The second-order valence-corrected chi connectivity index (χ2v) is 3.23. The Balaban J connectivity index is 1.83. The number of piperidine rings is 1. The lowest BCUT2D eigenvalue weighted by Crippen LogP contribution is -2.69. The molecule has 1 aliphatic heterocycles. The van der Waals surface area contributed by atoms with Gasteiger partial charge in [-0.2, -0.15) is 0 Å². The lowest BCUT2D eigenvalue weighted by Gasteiger charge is -2.55. The first-order valence-electron chi connectivity index (χ1n) is 3.75. The number of methoxy groups -OCH3 is 1. The molecule has 2 rings (SSSR count). The zero-order chi connectivity index (χ0) is 7.14. The third-order valence-electron chi connectivity index (χ3n) is 2.62. The Morgan fingerprint density at radius 3 is 3.00 bits per heavy atom. The number of hydrogen-bond donors (Lipinski definition) is 1. The molecule has 2 nitrogen and oxygen atoms in total. The van der Waals surface area contributed by atoms with E-state index < -0.39 is 0 Å². The van der Waals surface area contributed by atoms with Gasteiger partial charge in [0.15, 0.2) is 0 Å². The van der Waals surface area contributed by atoms with E-state index in [1.165, 1.54) is 12.0 Å². The van der Waals surface area contributed by atoms with Crippen molar-refractivity contribution in [1.29, 1.82) is 0 Å². The maximum Gasteiger partial charge on any atom is 0.0619 e. The fourth-order valence-corrected chi connectivity index (χ4v) is 1.89. The molecule has 0 aromatic carbocycles. The molecule has 3 unspecified atom stereocenters. The highest BCUT2D eigenvalue weighted by molar-refractivity contribution is 5.28. The molecule has 0 aromatic heterocycles. The van der Waals surface area contributed by atoms with Crippen molar-refractivity contribution in [3.05, 3.63) is 12.2 Å². The Labute approximate surface area is 61.3 Å². The van der Waals surface area contributed by atoms with Crippen LogP contribution in [0.15, 0.2) is 12.2 Å². The van der Waals surface area contributed by atoms with Crippen LogP contribution < -0.4 is 5.32 Å². The quantitative estimate of drug-likeness (QED) is 0.564. The van der Waals surface area contributed by atoms with Gasteiger partial charge in [0, 0.05) is 19.2 Å². The molecule has 1 heterocycles. The number of rotatable bonds is 2. The van der Waals surface area contributed by atoms with Crippen molar-refractivity contribution in [3.63, 3.8) is 0 Å². The zero-order valence-corrected chi connectivity index (χ0v) is 6.26. The molecule has 3 atom stereocenters. The summed E-state index contributed by atoms with van der Waals surface area (Å²) in [6, 6.07) is 1.25. The topological polar surface area (TPSA) is 21.3 Å². The minimum atomic E-state index is 0.612. The van der Waals surface area contributed by atoms with Gasteiger partial charge in [0.05, 0.1) is 6.61 Å². The summed E-state index contributed by atoms with van der Waals surface area (Å²) in [5.41, 5.74) is 1.37. The average molecular weight is 139 g/mol. The molecule has 1 saturated heterocycles. The molecule has 2 heteroatoms. The number of fused-ring (bicyclic) bond motifs is 1. The Morgan fingerprint density at radius 1 is 1.80 bits per heavy atom. The standard InChI is InChI=1S/C8H13NO/c1-5-3-6-7(4-10-2)9-8(5)6/h6-9H,1,3-4H2,2H3. The Morgan fingerprint density at radius 2 is 2.60 bits per heavy atom. The largest absolute Gasteiger partial charge is 0.383 e. The predicted molar refractivity (Wildman–Crippen MR) is 39.8 cm³/mol. The van der Waals surface area contributed by atoms with Crippen LogP contribution >= 0.6 is 0 Å². The van der Waals surface area contributed by atoms with Crippen molar-refractivity contribution >= 4 is 0 Å². The van der Waals surface area contributed by atoms with Crippen LogP contribution in [0.2, 0.25) is 0 Å². The molecular formula is C8H13NO. The van der Waals surface area contributed by atoms with Crippen molar-refractivity contribution in [2.75, 3.05) is 13.7 Å². The van der Waals surface area contributed by atoms with E-state index in [0.29, 0.717) is 12.1 Å². The van der Waals surface area contributed by atoms with Crippen LogP contribution in [0.5, 0.6) is 0 Å². The molecular weight excluding hydrogens is 126 g/mol. The summed E-state index contributed by atoms with van der Waals surface area (Å²) in [6.07, 6.45) is 1.21. The lowest BCUT2D eigenvalue weighted by atomic mass is 9.65. The monoisotopic (exact) mass is 139 g/mol. The molecule has 56 valence electrons. The van der Waals surface area contributed by atoms with E-state index >= 15 is 0 Å². The second kappa shape index (κ2) is 2.07. The van der Waals surface area contributed by atoms with Gasteiger partial charge in [-0.3, -0.25) is 0 Å². The van der Waals surface area contributed by atoms with E-state index in [-0.39, 0.29) is 0 Å². The smallest absolute Gasteiger partial charge is 0.0619 e. The van der Waals surface area contributed by atoms with Crippen molar-refractivity contribution in [1.82, 2.24) is 5.32 Å². The number of hydrogen-bond acceptors (Lipinski definition) is 2. The van der Waals surface area contributed by atoms with E-state index in [0.717, 1.165) is 12.5 Å². The van der Waals surface area contributed by atoms with Gasteiger partial charge in [0.2, 0.25) is 0 Å². The van der Waals surface area contributed by atoms with Crippen LogP contribution in [0.1, 0.15) is 6.42 Å². The summed E-state index contributed by atoms with van der Waals surface area (Å²) < 4.78 is 5.04. The normalized spacial score (nSPS) is 43.7. The van der Waals surface area contributed by atoms with E-state index in [2.05, 4.69) is 11.9 Å². The molecule has 0 radical (unpaired) electrons. The summed E-state index contributed by atoms with van der Waals surface area (Å²) in [7, 11) is 1.75. The number of ether oxygens (including phenoxy) is 1. The van der Waals surface area contributed by atoms with Gasteiger partial charge in [-0.1, -0.05) is 12.2 Å². The number of nitrogens with one attached hydrogen (secondary N) is 1. The third-order valence-corrected chi connectivity index (χ3v) is 2.62. The first-order chi connectivity index (χ1) is 4.83. The molecule has 0 bridgehead atoms. The zero-order valence-electron chi connectivity index (χ0n) is 6.26. The first-order valence-corrected chi connectivity index (χ1v) is 3.75. The molecule has 10 heavy (non-hydrogen) atoms. The van der Waals surface area contributed by atoms with E-state index in [9.17, 15) is 0 Å². The summed E-state index contributed by atoms with van der Waals surface area (Å²) in [4.78, 5) is 0. The fraction of sp³-hybridized carbons (Fsp3) is 0.750. The molecule has 0 spiro atoms. The van der Waals surface area contributed by atoms with Crippen LogP contribution in [-0.2, 0) is 4.74 Å². The van der Waals surface area contributed by atoms with Crippen molar-refractivity contribution < 1.29 is 4.74 Å². The molecule has 1 N–H and O–H groups in total. The van der Waals surface area contributed by atoms with Crippen LogP contribution in [-0.4, -0.2) is 25.8 Å². The Hall–Kier alpha value is -0.340. The van der Waals surface area contributed by atoms with Crippen LogP contribution in [0.25, 0.3) is 0 Å². The van der Waals surface area contributed by atoms with Gasteiger partial charge in [-0.15, -0.1) is 0 Å². The van der Waals surface area contributed by atoms with Crippen LogP contribution in [0, 0.1) is 5.92 Å². The van der Waals surface area contributed by atoms with Crippen molar-refractivity contribution in [3.8, 4) is 0 Å². The minimum absolute atomic E-state index is 0.612. The summed E-state index contributed by atoms with van der Waals surface area (Å²) in [5.74, 6) is 0.840. The summed E-state index contributed by atoms with van der Waals surface area (Å²) in [6.45, 7) is 4.79. The van der Waals surface area contributed by atoms with Gasteiger partial charge in [0.25, 0.3) is 0 Å². The van der Waals surface area contributed by atoms with Gasteiger partial charge in [-0.25, -0.2) is 0 Å². The van der Waals surface area contributed by atoms with Gasteiger partial charge < -0.3 is 10.1 Å². The van der Waals surface area contributed by atoms with Crippen LogP contribution in [0.4, 0.5) is 0 Å². The van der Waals surface area contributed by atoms with E-state index in [1.54, 1.807) is 7.11 Å². The maximum absolute atomic E-state index is 5.04. The molecule has 0 amide bonds. The molecule has 2 fully saturated rings. The molecule has 1 saturated carbocycles. The second-order valence-electron chi connectivity index (χ2n) is 3.23. The molecule has 0 aromatic rings. The summed E-state index contributed by atoms with van der Waals surface area (Å²) >= 11 is 0. The Bertz CT molecular complexity index is 167. The van der Waals surface area contributed by atoms with Crippen molar-refractivity contribution in [2.24, 2.45) is 5.92 Å². The van der Waals surface area contributed by atoms with Crippen LogP contribution in [0.3, 0.4) is 0 Å². The van der Waals surface area contributed by atoms with Crippen molar-refractivity contribution in [2.45, 2.75) is 18.5 Å². The highest BCUT2D eigenvalue weighted by Gasteiger charge is 2.48. The van der Waals surface area contributed by atoms with Gasteiger partial charge >= 0.3 is 0 Å². The summed E-state index contributed by atoms with van der Waals surface area (Å²) in [5, 5.41) is 3.41. The highest BCUT2D eigenvalue weighted by Crippen LogP contribution is 2.42. The maximum atomic E-state index is 5.04. The lowest BCUT2D eigenvalue weighted by molar-refractivity contribution is 0.0360. The van der Waals surface area contributed by atoms with Gasteiger partial charge in [-0.05, 0) is 12.3 Å². The molecule has 2 aliphatic rings. The first kappa shape index (κ1) is 6.38. The third kappa shape index (κ3) is 0.662. The highest BCUT2D eigenvalue weighted by atomic mass is 16.5. The van der Waals surface area contributed by atoms with E-state index in [4.69, 9.17) is 4.74 Å². The SMILES string of the molecule is C=C1CC2C(COC)NC12. The fourth-order valence-electron chi connectivity index (χ4n) is 1.89. The van der Waals surface area contributed by atoms with E-state index in [1.807, 2.05) is 0 Å². The predicted octanol–water partition coefficient (Wildman–Crippen LogP) is 0.549. The van der Waals surface area contributed by atoms with Gasteiger partial charge in [0.1, 0.15) is 0 Å².